The summed E-state index contributed by atoms with van der Waals surface area (Å²) in [4.78, 5) is 11.0. The Morgan fingerprint density at radius 3 is 2.26 bits per heavy atom. The predicted octanol–water partition coefficient (Wildman–Crippen LogP) is 3.96. The zero-order valence-electron chi connectivity index (χ0n) is 11.3. The van der Waals surface area contributed by atoms with Crippen molar-refractivity contribution in [3.8, 4) is 5.75 Å². The first-order valence-corrected chi connectivity index (χ1v) is 6.45. The number of Topliss-reactive ketones (excluding diaryl/α,β-unsaturated/α-hetero) is 1. The summed E-state index contributed by atoms with van der Waals surface area (Å²) in [7, 11) is 0. The third-order valence-electron chi connectivity index (χ3n) is 2.96. The fourth-order valence-electron chi connectivity index (χ4n) is 1.97. The number of carbonyl (C=O) groups excluding carboxylic acids is 1. The van der Waals surface area contributed by atoms with E-state index in [4.69, 9.17) is 4.74 Å². The summed E-state index contributed by atoms with van der Waals surface area (Å²) >= 11 is 0. The molecule has 0 radical (unpaired) electrons. The van der Waals surface area contributed by atoms with Crippen molar-refractivity contribution in [1.82, 2.24) is 0 Å². The van der Waals surface area contributed by atoms with E-state index in [0.29, 0.717) is 6.42 Å². The third-order valence-corrected chi connectivity index (χ3v) is 2.96. The largest absolute Gasteiger partial charge is 0.486 e. The van der Waals surface area contributed by atoms with Gasteiger partial charge < -0.3 is 4.74 Å². The van der Waals surface area contributed by atoms with Gasteiger partial charge in [-0.05, 0) is 37.1 Å². The van der Waals surface area contributed by atoms with Crippen LogP contribution in [-0.4, -0.2) is 5.78 Å². The first-order valence-electron chi connectivity index (χ1n) is 6.45. The molecule has 2 aromatic rings. The van der Waals surface area contributed by atoms with Crippen molar-refractivity contribution in [3.05, 3.63) is 65.7 Å². The smallest absolute Gasteiger partial charge is 0.134 e. The molecule has 98 valence electrons. The molecular formula is C17H18O2. The molecule has 1 unspecified atom stereocenters. The Hall–Kier alpha value is -2.09. The molecule has 2 rings (SSSR count). The van der Waals surface area contributed by atoms with Gasteiger partial charge in [0.05, 0.1) is 0 Å². The standard InChI is InChI=1S/C17H18O2/c1-13(18)12-15-8-10-17(11-9-15)19-14(2)16-6-4-3-5-7-16/h3-11,14H,12H2,1-2H3. The van der Waals surface area contributed by atoms with E-state index in [2.05, 4.69) is 12.1 Å². The average Bonchev–Trinajstić information content (AvgIpc) is 2.41. The van der Waals surface area contributed by atoms with Crippen molar-refractivity contribution >= 4 is 5.78 Å². The minimum absolute atomic E-state index is 0.0138. The summed E-state index contributed by atoms with van der Waals surface area (Å²) in [5.74, 6) is 0.995. The zero-order valence-corrected chi connectivity index (χ0v) is 11.3. The lowest BCUT2D eigenvalue weighted by Crippen LogP contribution is -2.03. The van der Waals surface area contributed by atoms with Gasteiger partial charge in [-0.3, -0.25) is 4.79 Å². The maximum atomic E-state index is 11.0. The molecule has 0 saturated heterocycles. The Morgan fingerprint density at radius 2 is 1.68 bits per heavy atom. The second kappa shape index (κ2) is 6.19. The van der Waals surface area contributed by atoms with E-state index in [-0.39, 0.29) is 11.9 Å². The molecule has 0 saturated carbocycles. The minimum Gasteiger partial charge on any atom is -0.486 e. The normalized spacial score (nSPS) is 11.9. The fourth-order valence-corrected chi connectivity index (χ4v) is 1.97. The van der Waals surface area contributed by atoms with Crippen LogP contribution in [0.5, 0.6) is 5.75 Å². The monoisotopic (exact) mass is 254 g/mol. The number of ether oxygens (including phenoxy) is 1. The Labute approximate surface area is 114 Å². The number of hydrogen-bond donors (Lipinski definition) is 0. The molecule has 0 aromatic heterocycles. The van der Waals surface area contributed by atoms with Crippen LogP contribution in [0.4, 0.5) is 0 Å². The van der Waals surface area contributed by atoms with Gasteiger partial charge in [-0.2, -0.15) is 0 Å². The van der Waals surface area contributed by atoms with Gasteiger partial charge in [-0.25, -0.2) is 0 Å². The molecule has 2 aromatic carbocycles. The first-order chi connectivity index (χ1) is 9.15. The lowest BCUT2D eigenvalue weighted by Gasteiger charge is -2.15. The number of hydrogen-bond acceptors (Lipinski definition) is 2. The molecule has 2 nitrogen and oxygen atoms in total. The third kappa shape index (κ3) is 3.95. The van der Waals surface area contributed by atoms with Crippen LogP contribution in [0.15, 0.2) is 54.6 Å². The lowest BCUT2D eigenvalue weighted by molar-refractivity contribution is -0.116. The molecule has 0 N–H and O–H groups in total. The van der Waals surface area contributed by atoms with Gasteiger partial charge in [0, 0.05) is 6.42 Å². The van der Waals surface area contributed by atoms with Crippen LogP contribution in [-0.2, 0) is 11.2 Å². The SMILES string of the molecule is CC(=O)Cc1ccc(OC(C)c2ccccc2)cc1. The molecule has 0 heterocycles. The number of ketones is 1. The Bertz CT molecular complexity index is 529. The molecule has 0 aliphatic heterocycles. The summed E-state index contributed by atoms with van der Waals surface area (Å²) in [5.41, 5.74) is 2.17. The van der Waals surface area contributed by atoms with Gasteiger partial charge in [0.2, 0.25) is 0 Å². The van der Waals surface area contributed by atoms with Gasteiger partial charge in [0.15, 0.2) is 0 Å². The van der Waals surface area contributed by atoms with Gasteiger partial charge in [-0.1, -0.05) is 42.5 Å². The molecule has 0 spiro atoms. The van der Waals surface area contributed by atoms with E-state index in [9.17, 15) is 4.79 Å². The molecule has 0 fully saturated rings. The van der Waals surface area contributed by atoms with Crippen molar-refractivity contribution < 1.29 is 9.53 Å². The van der Waals surface area contributed by atoms with Crippen LogP contribution >= 0.6 is 0 Å². The van der Waals surface area contributed by atoms with Crippen molar-refractivity contribution in [2.45, 2.75) is 26.4 Å². The maximum Gasteiger partial charge on any atom is 0.134 e. The zero-order chi connectivity index (χ0) is 13.7. The van der Waals surface area contributed by atoms with E-state index in [1.54, 1.807) is 6.92 Å². The topological polar surface area (TPSA) is 26.3 Å². The molecule has 2 heteroatoms. The lowest BCUT2D eigenvalue weighted by atomic mass is 10.1. The van der Waals surface area contributed by atoms with Crippen LogP contribution in [0.2, 0.25) is 0 Å². The summed E-state index contributed by atoms with van der Waals surface area (Å²) in [6.45, 7) is 3.63. The molecule has 0 aliphatic carbocycles. The van der Waals surface area contributed by atoms with E-state index in [1.165, 1.54) is 0 Å². The number of benzene rings is 2. The molecule has 1 atom stereocenters. The highest BCUT2D eigenvalue weighted by Gasteiger charge is 2.06. The fraction of sp³-hybridized carbons (Fsp3) is 0.235. The highest BCUT2D eigenvalue weighted by molar-refractivity contribution is 5.78. The Morgan fingerprint density at radius 1 is 1.05 bits per heavy atom. The number of rotatable bonds is 5. The van der Waals surface area contributed by atoms with Crippen LogP contribution < -0.4 is 4.74 Å². The van der Waals surface area contributed by atoms with E-state index in [1.807, 2.05) is 49.4 Å². The van der Waals surface area contributed by atoms with Crippen molar-refractivity contribution in [2.24, 2.45) is 0 Å². The maximum absolute atomic E-state index is 11.0. The van der Waals surface area contributed by atoms with Crippen LogP contribution in [0.3, 0.4) is 0 Å². The van der Waals surface area contributed by atoms with Crippen molar-refractivity contribution in [3.63, 3.8) is 0 Å². The average molecular weight is 254 g/mol. The van der Waals surface area contributed by atoms with E-state index < -0.39 is 0 Å². The second-order valence-electron chi connectivity index (χ2n) is 4.69. The van der Waals surface area contributed by atoms with Crippen LogP contribution in [0.1, 0.15) is 31.1 Å². The molecule has 19 heavy (non-hydrogen) atoms. The molecule has 0 aliphatic rings. The van der Waals surface area contributed by atoms with E-state index in [0.717, 1.165) is 16.9 Å². The van der Waals surface area contributed by atoms with Crippen LogP contribution in [0.25, 0.3) is 0 Å². The molecular weight excluding hydrogens is 236 g/mol. The van der Waals surface area contributed by atoms with Gasteiger partial charge >= 0.3 is 0 Å². The summed E-state index contributed by atoms with van der Waals surface area (Å²) in [6.07, 6.45) is 0.494. The Balaban J connectivity index is 2.01. The molecule has 0 amide bonds. The quantitative estimate of drug-likeness (QED) is 0.807. The summed E-state index contributed by atoms with van der Waals surface area (Å²) in [5, 5.41) is 0. The van der Waals surface area contributed by atoms with Gasteiger partial charge in [0.25, 0.3) is 0 Å². The first kappa shape index (κ1) is 13.3. The highest BCUT2D eigenvalue weighted by Crippen LogP contribution is 2.21. The van der Waals surface area contributed by atoms with Crippen molar-refractivity contribution in [1.29, 1.82) is 0 Å². The summed E-state index contributed by atoms with van der Waals surface area (Å²) in [6, 6.07) is 17.8. The van der Waals surface area contributed by atoms with Crippen molar-refractivity contribution in [2.75, 3.05) is 0 Å². The van der Waals surface area contributed by atoms with E-state index >= 15 is 0 Å². The van der Waals surface area contributed by atoms with Gasteiger partial charge in [0.1, 0.15) is 17.6 Å². The second-order valence-corrected chi connectivity index (χ2v) is 4.69. The minimum atomic E-state index is 0.0138. The number of carbonyl (C=O) groups is 1. The summed E-state index contributed by atoms with van der Waals surface area (Å²) < 4.78 is 5.88. The molecule has 0 bridgehead atoms. The Kier molecular flexibility index (Phi) is 4.35. The highest BCUT2D eigenvalue weighted by atomic mass is 16.5. The van der Waals surface area contributed by atoms with Gasteiger partial charge in [-0.15, -0.1) is 0 Å². The van der Waals surface area contributed by atoms with Crippen LogP contribution in [0, 0.1) is 0 Å². The predicted molar refractivity (Wildman–Crippen MR) is 76.3 cm³/mol.